The van der Waals surface area contributed by atoms with Crippen molar-refractivity contribution in [2.45, 2.75) is 12.3 Å². The maximum Gasteiger partial charge on any atom is 0.320 e. The molecule has 1 aromatic heterocycles. The first kappa shape index (κ1) is 17.3. The summed E-state index contributed by atoms with van der Waals surface area (Å²) in [6, 6.07) is 0.129. The molecule has 142 valence electrons. The third-order valence-electron chi connectivity index (χ3n) is 5.98. The van der Waals surface area contributed by atoms with E-state index in [1.165, 1.54) is 0 Å². The molecular formula is C18H28N6O2. The molecule has 2 atom stereocenters. The maximum atomic E-state index is 12.8. The highest BCUT2D eigenvalue weighted by molar-refractivity contribution is 5.83. The standard InChI is InChI=1S/C18H28N6O2/c1-20-3-5-23(6-4-20)18(26)24-9-7-22(8-10-24)17(25)15-11-14(15)16-12-19-13-21(16)2/h12-15H,3-11H2,1-2H3/t14-,15-/m1/s1. The predicted molar refractivity (Wildman–Crippen MR) is 96.7 cm³/mol. The summed E-state index contributed by atoms with van der Waals surface area (Å²) in [4.78, 5) is 37.6. The second kappa shape index (κ2) is 6.90. The van der Waals surface area contributed by atoms with Crippen LogP contribution in [0, 0.1) is 5.92 Å². The molecule has 0 unspecified atom stereocenters. The van der Waals surface area contributed by atoms with Crippen molar-refractivity contribution in [3.63, 3.8) is 0 Å². The van der Waals surface area contributed by atoms with Gasteiger partial charge in [0.15, 0.2) is 0 Å². The molecule has 0 bridgehead atoms. The van der Waals surface area contributed by atoms with Crippen molar-refractivity contribution in [2.24, 2.45) is 13.0 Å². The van der Waals surface area contributed by atoms with Crippen LogP contribution in [0.5, 0.6) is 0 Å². The first-order valence-corrected chi connectivity index (χ1v) is 9.52. The van der Waals surface area contributed by atoms with Gasteiger partial charge in [-0.1, -0.05) is 0 Å². The summed E-state index contributed by atoms with van der Waals surface area (Å²) in [5.74, 6) is 0.633. The number of rotatable bonds is 2. The highest BCUT2D eigenvalue weighted by Gasteiger charge is 2.47. The van der Waals surface area contributed by atoms with Gasteiger partial charge in [0.1, 0.15) is 0 Å². The average molecular weight is 360 g/mol. The molecule has 0 N–H and O–H groups in total. The van der Waals surface area contributed by atoms with Gasteiger partial charge in [-0.05, 0) is 13.5 Å². The molecule has 8 nitrogen and oxygen atoms in total. The molecule has 26 heavy (non-hydrogen) atoms. The van der Waals surface area contributed by atoms with Gasteiger partial charge in [-0.15, -0.1) is 0 Å². The number of nitrogens with zero attached hydrogens (tertiary/aromatic N) is 6. The molecule has 0 radical (unpaired) electrons. The van der Waals surface area contributed by atoms with Crippen molar-refractivity contribution in [1.82, 2.24) is 29.2 Å². The van der Waals surface area contributed by atoms with E-state index in [4.69, 9.17) is 0 Å². The number of hydrogen-bond donors (Lipinski definition) is 0. The third kappa shape index (κ3) is 3.30. The van der Waals surface area contributed by atoms with Crippen molar-refractivity contribution < 1.29 is 9.59 Å². The van der Waals surface area contributed by atoms with E-state index in [2.05, 4.69) is 16.9 Å². The third-order valence-corrected chi connectivity index (χ3v) is 5.98. The molecule has 1 saturated carbocycles. The zero-order valence-electron chi connectivity index (χ0n) is 15.7. The highest BCUT2D eigenvalue weighted by Crippen LogP contribution is 2.48. The van der Waals surface area contributed by atoms with Crippen LogP contribution in [-0.4, -0.2) is 100 Å². The second-order valence-electron chi connectivity index (χ2n) is 7.76. The van der Waals surface area contributed by atoms with Crippen LogP contribution < -0.4 is 0 Å². The quantitative estimate of drug-likeness (QED) is 0.747. The van der Waals surface area contributed by atoms with E-state index in [0.29, 0.717) is 32.1 Å². The predicted octanol–water partition coefficient (Wildman–Crippen LogP) is 0.0352. The lowest BCUT2D eigenvalue weighted by Gasteiger charge is -2.40. The van der Waals surface area contributed by atoms with Crippen LogP contribution in [0.3, 0.4) is 0 Å². The Labute approximate surface area is 154 Å². The first-order valence-electron chi connectivity index (χ1n) is 9.52. The molecule has 3 amide bonds. The fraction of sp³-hybridized carbons (Fsp3) is 0.722. The number of carbonyl (C=O) groups excluding carboxylic acids is 2. The number of likely N-dealkylation sites (N-methyl/N-ethyl adjacent to an activating group) is 1. The molecule has 1 aromatic rings. The molecular weight excluding hydrogens is 332 g/mol. The summed E-state index contributed by atoms with van der Waals surface area (Å²) >= 11 is 0. The number of amides is 3. The topological polar surface area (TPSA) is 64.9 Å². The summed E-state index contributed by atoms with van der Waals surface area (Å²) in [6.45, 7) is 6.02. The second-order valence-corrected chi connectivity index (χ2v) is 7.76. The molecule has 3 fully saturated rings. The minimum atomic E-state index is 0.0882. The fourth-order valence-electron chi connectivity index (χ4n) is 4.07. The van der Waals surface area contributed by atoms with E-state index in [0.717, 1.165) is 38.3 Å². The minimum Gasteiger partial charge on any atom is -0.339 e. The first-order chi connectivity index (χ1) is 12.5. The molecule has 2 aliphatic heterocycles. The van der Waals surface area contributed by atoms with E-state index in [1.807, 2.05) is 32.5 Å². The SMILES string of the molecule is CN1CCN(C(=O)N2CCN(C(=O)[C@@H]3C[C@H]3c3cncn3C)CC2)CC1. The largest absolute Gasteiger partial charge is 0.339 e. The fourth-order valence-corrected chi connectivity index (χ4v) is 4.07. The Bertz CT molecular complexity index is 673. The summed E-state index contributed by atoms with van der Waals surface area (Å²) in [7, 11) is 4.06. The van der Waals surface area contributed by atoms with Crippen molar-refractivity contribution in [3.8, 4) is 0 Å². The lowest BCUT2D eigenvalue weighted by Crippen LogP contribution is -2.57. The summed E-state index contributed by atoms with van der Waals surface area (Å²) in [6.07, 6.45) is 4.57. The highest BCUT2D eigenvalue weighted by atomic mass is 16.2. The van der Waals surface area contributed by atoms with Crippen molar-refractivity contribution in [1.29, 1.82) is 0 Å². The molecule has 8 heteroatoms. The number of carbonyl (C=O) groups is 2. The monoisotopic (exact) mass is 360 g/mol. The molecule has 4 rings (SSSR count). The van der Waals surface area contributed by atoms with Crippen LogP contribution >= 0.6 is 0 Å². The van der Waals surface area contributed by atoms with E-state index >= 15 is 0 Å². The normalized spacial score (nSPS) is 26.9. The van der Waals surface area contributed by atoms with Gasteiger partial charge < -0.3 is 24.2 Å². The van der Waals surface area contributed by atoms with Crippen LogP contribution in [0.4, 0.5) is 4.79 Å². The molecule has 3 heterocycles. The number of aryl methyl sites for hydroxylation is 1. The lowest BCUT2D eigenvalue weighted by molar-refractivity contribution is -0.134. The van der Waals surface area contributed by atoms with Gasteiger partial charge in [0.25, 0.3) is 0 Å². The Morgan fingerprint density at radius 2 is 1.50 bits per heavy atom. The number of hydrogen-bond acceptors (Lipinski definition) is 4. The zero-order valence-corrected chi connectivity index (χ0v) is 15.7. The van der Waals surface area contributed by atoms with Crippen LogP contribution in [-0.2, 0) is 11.8 Å². The smallest absolute Gasteiger partial charge is 0.320 e. The van der Waals surface area contributed by atoms with Gasteiger partial charge >= 0.3 is 6.03 Å². The molecule has 0 aromatic carbocycles. The Morgan fingerprint density at radius 1 is 0.923 bits per heavy atom. The van der Waals surface area contributed by atoms with Crippen molar-refractivity contribution in [2.75, 3.05) is 59.4 Å². The number of aromatic nitrogens is 2. The Balaban J connectivity index is 1.27. The molecule has 1 aliphatic carbocycles. The van der Waals surface area contributed by atoms with Crippen LogP contribution in [0.2, 0.25) is 0 Å². The van der Waals surface area contributed by atoms with Crippen LogP contribution in [0.15, 0.2) is 12.5 Å². The van der Waals surface area contributed by atoms with Gasteiger partial charge in [-0.2, -0.15) is 0 Å². The number of imidazole rings is 1. The van der Waals surface area contributed by atoms with Gasteiger partial charge in [0.2, 0.25) is 5.91 Å². The summed E-state index contributed by atoms with van der Waals surface area (Å²) in [5.41, 5.74) is 1.15. The Hall–Kier alpha value is -2.09. The molecule has 0 spiro atoms. The van der Waals surface area contributed by atoms with Gasteiger partial charge in [0.05, 0.1) is 6.33 Å². The summed E-state index contributed by atoms with van der Waals surface area (Å²) < 4.78 is 2.00. The van der Waals surface area contributed by atoms with Gasteiger partial charge in [-0.3, -0.25) is 4.79 Å². The number of urea groups is 1. The van der Waals surface area contributed by atoms with E-state index in [1.54, 1.807) is 6.33 Å². The van der Waals surface area contributed by atoms with Crippen molar-refractivity contribution >= 4 is 11.9 Å². The van der Waals surface area contributed by atoms with E-state index in [-0.39, 0.29) is 17.9 Å². The maximum absolute atomic E-state index is 12.8. The van der Waals surface area contributed by atoms with Gasteiger partial charge in [0, 0.05) is 83.1 Å². The van der Waals surface area contributed by atoms with E-state index in [9.17, 15) is 9.59 Å². The zero-order chi connectivity index (χ0) is 18.3. The number of piperazine rings is 2. The van der Waals surface area contributed by atoms with Crippen molar-refractivity contribution in [3.05, 3.63) is 18.2 Å². The van der Waals surface area contributed by atoms with Crippen LogP contribution in [0.25, 0.3) is 0 Å². The van der Waals surface area contributed by atoms with Gasteiger partial charge in [-0.25, -0.2) is 9.78 Å². The minimum absolute atomic E-state index is 0.0882. The Kier molecular flexibility index (Phi) is 4.60. The van der Waals surface area contributed by atoms with Crippen LogP contribution in [0.1, 0.15) is 18.0 Å². The van der Waals surface area contributed by atoms with E-state index < -0.39 is 0 Å². The Morgan fingerprint density at radius 3 is 2.08 bits per heavy atom. The average Bonchev–Trinajstić information content (AvgIpc) is 3.34. The molecule has 2 saturated heterocycles. The molecule has 3 aliphatic rings. The lowest BCUT2D eigenvalue weighted by atomic mass is 10.2. The summed E-state index contributed by atoms with van der Waals surface area (Å²) in [5, 5.41) is 0.